The maximum Gasteiger partial charge on any atom is 0.312 e. The number of carbonyl (C=O) groups is 1. The standard InChI is InChI=1S/C9H14O2/c1-3-4-6-7-5-11-8(10)9(6,7)2/h6-7H,3-5H2,1-2H3/t6-,7+,9-/m1/s1. The Kier molecular flexibility index (Phi) is 1.29. The average molecular weight is 154 g/mol. The van der Waals surface area contributed by atoms with Gasteiger partial charge in [0.2, 0.25) is 0 Å². The van der Waals surface area contributed by atoms with Gasteiger partial charge in [-0.2, -0.15) is 0 Å². The van der Waals surface area contributed by atoms with Gasteiger partial charge in [-0.05, 0) is 19.3 Å². The molecule has 2 rings (SSSR count). The molecule has 1 aliphatic heterocycles. The van der Waals surface area contributed by atoms with Gasteiger partial charge in [0.1, 0.15) is 0 Å². The van der Waals surface area contributed by atoms with Crippen LogP contribution in [0.1, 0.15) is 26.7 Å². The van der Waals surface area contributed by atoms with Gasteiger partial charge in [0, 0.05) is 5.92 Å². The number of hydrogen-bond acceptors (Lipinski definition) is 2. The van der Waals surface area contributed by atoms with E-state index in [4.69, 9.17) is 4.74 Å². The van der Waals surface area contributed by atoms with E-state index >= 15 is 0 Å². The Morgan fingerprint density at radius 1 is 1.73 bits per heavy atom. The molecule has 11 heavy (non-hydrogen) atoms. The van der Waals surface area contributed by atoms with E-state index in [1.165, 1.54) is 12.8 Å². The Bertz CT molecular complexity index is 200. The summed E-state index contributed by atoms with van der Waals surface area (Å²) in [5.41, 5.74) is -0.0734. The molecular formula is C9H14O2. The van der Waals surface area contributed by atoms with Crippen molar-refractivity contribution in [3.05, 3.63) is 0 Å². The first-order chi connectivity index (χ1) is 5.21. The SMILES string of the molecule is CCC[C@@H]1[C@@H]2COC(=O)[C@]12C. The van der Waals surface area contributed by atoms with Crippen molar-refractivity contribution in [2.45, 2.75) is 26.7 Å². The Morgan fingerprint density at radius 2 is 2.45 bits per heavy atom. The molecule has 0 N–H and O–H groups in total. The van der Waals surface area contributed by atoms with Crippen LogP contribution in [0.4, 0.5) is 0 Å². The largest absolute Gasteiger partial charge is 0.465 e. The van der Waals surface area contributed by atoms with Crippen molar-refractivity contribution in [2.24, 2.45) is 17.3 Å². The number of esters is 1. The van der Waals surface area contributed by atoms with Crippen LogP contribution in [0, 0.1) is 17.3 Å². The van der Waals surface area contributed by atoms with E-state index in [0.717, 1.165) is 0 Å². The Balaban J connectivity index is 2.07. The minimum Gasteiger partial charge on any atom is -0.465 e. The molecule has 1 heterocycles. The second-order valence-corrected chi connectivity index (χ2v) is 3.88. The van der Waals surface area contributed by atoms with Crippen molar-refractivity contribution >= 4 is 5.97 Å². The fourth-order valence-corrected chi connectivity index (χ4v) is 2.42. The average Bonchev–Trinajstić information content (AvgIpc) is 2.42. The maximum absolute atomic E-state index is 11.2. The van der Waals surface area contributed by atoms with Crippen LogP contribution in [0.15, 0.2) is 0 Å². The topological polar surface area (TPSA) is 26.3 Å². The van der Waals surface area contributed by atoms with Gasteiger partial charge in [-0.15, -0.1) is 0 Å². The lowest BCUT2D eigenvalue weighted by molar-refractivity contribution is -0.145. The molecule has 62 valence electrons. The third-order valence-electron chi connectivity index (χ3n) is 3.35. The summed E-state index contributed by atoms with van der Waals surface area (Å²) in [6, 6.07) is 0. The molecule has 1 aliphatic carbocycles. The smallest absolute Gasteiger partial charge is 0.312 e. The highest BCUT2D eigenvalue weighted by molar-refractivity contribution is 5.83. The minimum absolute atomic E-state index is 0.0425. The highest BCUT2D eigenvalue weighted by Crippen LogP contribution is 2.64. The second-order valence-electron chi connectivity index (χ2n) is 3.88. The highest BCUT2D eigenvalue weighted by Gasteiger charge is 2.70. The number of cyclic esters (lactones) is 1. The fourth-order valence-electron chi connectivity index (χ4n) is 2.42. The zero-order valence-electron chi connectivity index (χ0n) is 7.09. The summed E-state index contributed by atoms with van der Waals surface area (Å²) >= 11 is 0. The molecule has 0 spiro atoms. The molecule has 3 atom stereocenters. The molecule has 0 aromatic heterocycles. The fraction of sp³-hybridized carbons (Fsp3) is 0.889. The van der Waals surface area contributed by atoms with Crippen molar-refractivity contribution in [2.75, 3.05) is 6.61 Å². The predicted molar refractivity (Wildman–Crippen MR) is 41.0 cm³/mol. The van der Waals surface area contributed by atoms with Crippen LogP contribution in [-0.2, 0) is 9.53 Å². The monoisotopic (exact) mass is 154 g/mol. The predicted octanol–water partition coefficient (Wildman–Crippen LogP) is 1.60. The molecule has 2 fully saturated rings. The van der Waals surface area contributed by atoms with Crippen molar-refractivity contribution in [1.29, 1.82) is 0 Å². The third-order valence-corrected chi connectivity index (χ3v) is 3.35. The number of carbonyl (C=O) groups excluding carboxylic acids is 1. The quantitative estimate of drug-likeness (QED) is 0.565. The molecule has 1 saturated carbocycles. The molecule has 0 aromatic carbocycles. The molecule has 2 nitrogen and oxygen atoms in total. The van der Waals surface area contributed by atoms with Crippen molar-refractivity contribution < 1.29 is 9.53 Å². The summed E-state index contributed by atoms with van der Waals surface area (Å²) in [4.78, 5) is 11.2. The van der Waals surface area contributed by atoms with E-state index < -0.39 is 0 Å². The summed E-state index contributed by atoms with van der Waals surface area (Å²) in [5.74, 6) is 1.23. The van der Waals surface area contributed by atoms with E-state index in [0.29, 0.717) is 18.4 Å². The number of ether oxygens (including phenoxy) is 1. The molecular weight excluding hydrogens is 140 g/mol. The van der Waals surface area contributed by atoms with Gasteiger partial charge in [-0.3, -0.25) is 4.79 Å². The zero-order chi connectivity index (χ0) is 8.06. The Hall–Kier alpha value is -0.530. The van der Waals surface area contributed by atoms with Crippen LogP contribution in [0.3, 0.4) is 0 Å². The van der Waals surface area contributed by atoms with E-state index in [1.54, 1.807) is 0 Å². The van der Waals surface area contributed by atoms with Crippen molar-refractivity contribution in [3.63, 3.8) is 0 Å². The van der Waals surface area contributed by atoms with Gasteiger partial charge >= 0.3 is 5.97 Å². The first kappa shape index (κ1) is 7.14. The van der Waals surface area contributed by atoms with Crippen LogP contribution in [-0.4, -0.2) is 12.6 Å². The zero-order valence-corrected chi connectivity index (χ0v) is 7.09. The normalized spacial score (nSPS) is 46.9. The van der Waals surface area contributed by atoms with Gasteiger partial charge in [0.05, 0.1) is 12.0 Å². The number of fused-ring (bicyclic) bond motifs is 1. The minimum atomic E-state index is -0.0734. The van der Waals surface area contributed by atoms with Crippen LogP contribution in [0.5, 0.6) is 0 Å². The van der Waals surface area contributed by atoms with Gasteiger partial charge in [0.25, 0.3) is 0 Å². The van der Waals surface area contributed by atoms with Crippen LogP contribution >= 0.6 is 0 Å². The van der Waals surface area contributed by atoms with Crippen LogP contribution in [0.25, 0.3) is 0 Å². The molecule has 0 amide bonds. The first-order valence-corrected chi connectivity index (χ1v) is 4.38. The lowest BCUT2D eigenvalue weighted by atomic mass is 10.0. The van der Waals surface area contributed by atoms with Gasteiger partial charge < -0.3 is 4.74 Å². The molecule has 0 bridgehead atoms. The molecule has 2 heteroatoms. The van der Waals surface area contributed by atoms with Gasteiger partial charge in [-0.1, -0.05) is 13.3 Å². The van der Waals surface area contributed by atoms with Crippen molar-refractivity contribution in [1.82, 2.24) is 0 Å². The Morgan fingerprint density at radius 3 is 2.91 bits per heavy atom. The Labute approximate surface area is 66.9 Å². The third kappa shape index (κ3) is 0.700. The first-order valence-electron chi connectivity index (χ1n) is 4.38. The molecule has 1 saturated heterocycles. The summed E-state index contributed by atoms with van der Waals surface area (Å²) in [6.45, 7) is 4.90. The molecule has 2 aliphatic rings. The summed E-state index contributed by atoms with van der Waals surface area (Å²) < 4.78 is 4.96. The summed E-state index contributed by atoms with van der Waals surface area (Å²) in [7, 11) is 0. The number of rotatable bonds is 2. The number of hydrogen-bond donors (Lipinski definition) is 0. The van der Waals surface area contributed by atoms with E-state index in [-0.39, 0.29) is 11.4 Å². The maximum atomic E-state index is 11.2. The van der Waals surface area contributed by atoms with Crippen LogP contribution < -0.4 is 0 Å². The second kappa shape index (κ2) is 1.99. The van der Waals surface area contributed by atoms with Gasteiger partial charge in [0.15, 0.2) is 0 Å². The molecule has 0 unspecified atom stereocenters. The summed E-state index contributed by atoms with van der Waals surface area (Å²) in [6.07, 6.45) is 2.38. The van der Waals surface area contributed by atoms with Crippen LogP contribution in [0.2, 0.25) is 0 Å². The molecule has 0 aromatic rings. The molecule has 0 radical (unpaired) electrons. The lowest BCUT2D eigenvalue weighted by Crippen LogP contribution is -2.13. The highest BCUT2D eigenvalue weighted by atomic mass is 16.5. The van der Waals surface area contributed by atoms with E-state index in [1.807, 2.05) is 6.92 Å². The van der Waals surface area contributed by atoms with E-state index in [2.05, 4.69) is 6.92 Å². The van der Waals surface area contributed by atoms with Crippen molar-refractivity contribution in [3.8, 4) is 0 Å². The summed E-state index contributed by atoms with van der Waals surface area (Å²) in [5, 5.41) is 0. The lowest BCUT2D eigenvalue weighted by Gasteiger charge is -2.06. The van der Waals surface area contributed by atoms with Gasteiger partial charge in [-0.25, -0.2) is 0 Å². The van der Waals surface area contributed by atoms with E-state index in [9.17, 15) is 4.79 Å².